The molecule has 0 spiro atoms. The van der Waals surface area contributed by atoms with E-state index in [0.717, 1.165) is 22.3 Å². The number of aromatic nitrogens is 2. The van der Waals surface area contributed by atoms with Gasteiger partial charge in [-0.25, -0.2) is 4.98 Å². The van der Waals surface area contributed by atoms with Crippen molar-refractivity contribution >= 4 is 35.1 Å². The Morgan fingerprint density at radius 2 is 1.97 bits per heavy atom. The number of aromatic amines is 1. The molecule has 0 bridgehead atoms. The Labute approximate surface area is 177 Å². The highest BCUT2D eigenvalue weighted by atomic mass is 35.5. The number of fused-ring (bicyclic) bond motifs is 1. The summed E-state index contributed by atoms with van der Waals surface area (Å²) < 4.78 is 0. The zero-order chi connectivity index (χ0) is 20.5. The summed E-state index contributed by atoms with van der Waals surface area (Å²) in [5.74, 6) is 0.466. The van der Waals surface area contributed by atoms with Crippen LogP contribution < -0.4 is 10.9 Å². The minimum Gasteiger partial charge on any atom is -0.310 e. The molecule has 1 atom stereocenters. The predicted molar refractivity (Wildman–Crippen MR) is 117 cm³/mol. The van der Waals surface area contributed by atoms with Crippen LogP contribution in [0.2, 0.25) is 5.02 Å². The van der Waals surface area contributed by atoms with Crippen molar-refractivity contribution in [2.45, 2.75) is 37.1 Å². The number of benzene rings is 2. The third-order valence-corrected chi connectivity index (χ3v) is 6.34. The van der Waals surface area contributed by atoms with Crippen LogP contribution in [-0.2, 0) is 10.5 Å². The van der Waals surface area contributed by atoms with Gasteiger partial charge in [0.2, 0.25) is 5.91 Å². The number of nitrogens with one attached hydrogen (secondary N) is 2. The van der Waals surface area contributed by atoms with E-state index in [9.17, 15) is 9.59 Å². The lowest BCUT2D eigenvalue weighted by atomic mass is 9.84. The van der Waals surface area contributed by atoms with Gasteiger partial charge < -0.3 is 10.3 Å². The Morgan fingerprint density at radius 1 is 1.17 bits per heavy atom. The molecule has 2 N–H and O–H groups in total. The van der Waals surface area contributed by atoms with E-state index in [0.29, 0.717) is 27.3 Å². The number of nitrogens with zero attached hydrogens (tertiary/aromatic N) is 1. The number of hydrogen-bond acceptors (Lipinski definition) is 4. The van der Waals surface area contributed by atoms with Crippen molar-refractivity contribution in [3.63, 3.8) is 0 Å². The molecule has 4 rings (SSSR count). The van der Waals surface area contributed by atoms with Crippen LogP contribution in [0.4, 0.5) is 5.82 Å². The molecule has 7 heteroatoms. The summed E-state index contributed by atoms with van der Waals surface area (Å²) in [5.41, 5.74) is 4.43. The molecular weight excluding hydrogens is 406 g/mol. The highest BCUT2D eigenvalue weighted by Crippen LogP contribution is 2.36. The van der Waals surface area contributed by atoms with Crippen LogP contribution in [0.5, 0.6) is 0 Å². The second kappa shape index (κ2) is 8.05. The molecule has 29 heavy (non-hydrogen) atoms. The fourth-order valence-corrected chi connectivity index (χ4v) is 4.81. The van der Waals surface area contributed by atoms with Crippen LogP contribution in [0.25, 0.3) is 0 Å². The Balaban J connectivity index is 1.69. The molecule has 1 aliphatic rings. The average Bonchev–Trinajstić information content (AvgIpc) is 2.66. The lowest BCUT2D eigenvalue weighted by Gasteiger charge is -2.25. The minimum atomic E-state index is -0.307. The summed E-state index contributed by atoms with van der Waals surface area (Å²) >= 11 is 7.58. The molecule has 0 aliphatic carbocycles. The first kappa shape index (κ1) is 19.7. The van der Waals surface area contributed by atoms with Crippen molar-refractivity contribution in [3.05, 3.63) is 85.7 Å². The maximum atomic E-state index is 12.9. The highest BCUT2D eigenvalue weighted by Gasteiger charge is 2.31. The molecular formula is C22H20ClN3O2S. The van der Waals surface area contributed by atoms with E-state index in [4.69, 9.17) is 11.6 Å². The second-order valence-electron chi connectivity index (χ2n) is 7.18. The van der Waals surface area contributed by atoms with Gasteiger partial charge in [0, 0.05) is 23.1 Å². The standard InChI is InChI=1S/C22H20ClN3O2S/c1-12-7-8-15(13(2)9-12)16-10-18(27)24-20-19(16)21(28)26-22(25-20)29-11-14-5-3-4-6-17(14)23/h3-9,16H,10-11H2,1-2H3,(H2,24,25,26,27,28)/t16-/m0/s1. The number of carbonyl (C=O) groups excluding carboxylic acids is 1. The van der Waals surface area contributed by atoms with Crippen molar-refractivity contribution in [1.82, 2.24) is 9.97 Å². The Hall–Kier alpha value is -2.57. The van der Waals surface area contributed by atoms with Gasteiger partial charge in [0.05, 0.1) is 5.56 Å². The second-order valence-corrected chi connectivity index (χ2v) is 8.55. The van der Waals surface area contributed by atoms with Gasteiger partial charge in [-0.3, -0.25) is 9.59 Å². The van der Waals surface area contributed by atoms with Gasteiger partial charge in [-0.2, -0.15) is 0 Å². The molecule has 0 saturated heterocycles. The maximum Gasteiger partial charge on any atom is 0.257 e. The van der Waals surface area contributed by atoms with Gasteiger partial charge >= 0.3 is 0 Å². The van der Waals surface area contributed by atoms with Gasteiger partial charge in [-0.15, -0.1) is 0 Å². The summed E-state index contributed by atoms with van der Waals surface area (Å²) in [7, 11) is 0. The van der Waals surface area contributed by atoms with Gasteiger partial charge in [-0.1, -0.05) is 65.3 Å². The molecule has 3 aromatic rings. The smallest absolute Gasteiger partial charge is 0.257 e. The number of carbonyl (C=O) groups is 1. The van der Waals surface area contributed by atoms with Gasteiger partial charge in [0.1, 0.15) is 5.82 Å². The number of hydrogen-bond donors (Lipinski definition) is 2. The van der Waals surface area contributed by atoms with E-state index < -0.39 is 0 Å². The first-order valence-corrected chi connectivity index (χ1v) is 10.7. The van der Waals surface area contributed by atoms with Crippen molar-refractivity contribution < 1.29 is 4.79 Å². The molecule has 1 amide bonds. The monoisotopic (exact) mass is 425 g/mol. The fourth-order valence-electron chi connectivity index (χ4n) is 3.66. The van der Waals surface area contributed by atoms with Crippen molar-refractivity contribution in [1.29, 1.82) is 0 Å². The minimum absolute atomic E-state index is 0.136. The Bertz CT molecular complexity index is 1160. The maximum absolute atomic E-state index is 12.9. The number of aryl methyl sites for hydroxylation is 2. The van der Waals surface area contributed by atoms with Crippen LogP contribution >= 0.6 is 23.4 Å². The molecule has 148 valence electrons. The summed E-state index contributed by atoms with van der Waals surface area (Å²) in [6.07, 6.45) is 0.230. The topological polar surface area (TPSA) is 74.8 Å². The van der Waals surface area contributed by atoms with E-state index in [1.165, 1.54) is 11.8 Å². The highest BCUT2D eigenvalue weighted by molar-refractivity contribution is 7.98. The molecule has 0 fully saturated rings. The summed E-state index contributed by atoms with van der Waals surface area (Å²) in [4.78, 5) is 32.7. The number of anilines is 1. The van der Waals surface area contributed by atoms with E-state index in [1.807, 2.05) is 50.2 Å². The zero-order valence-electron chi connectivity index (χ0n) is 16.1. The quantitative estimate of drug-likeness (QED) is 0.464. The van der Waals surface area contributed by atoms with Crippen molar-refractivity contribution in [2.75, 3.05) is 5.32 Å². The molecule has 2 heterocycles. The first-order valence-electron chi connectivity index (χ1n) is 9.30. The van der Waals surface area contributed by atoms with Crippen LogP contribution in [0.1, 0.15) is 40.2 Å². The lowest BCUT2D eigenvalue weighted by Crippen LogP contribution is -2.31. The van der Waals surface area contributed by atoms with Crippen molar-refractivity contribution in [3.8, 4) is 0 Å². The molecule has 0 radical (unpaired) electrons. The number of H-pyrrole nitrogens is 1. The number of rotatable bonds is 4. The largest absolute Gasteiger partial charge is 0.310 e. The fraction of sp³-hybridized carbons (Fsp3) is 0.227. The van der Waals surface area contributed by atoms with Crippen LogP contribution in [-0.4, -0.2) is 15.9 Å². The van der Waals surface area contributed by atoms with E-state index >= 15 is 0 Å². The summed E-state index contributed by atoms with van der Waals surface area (Å²) in [6.45, 7) is 4.03. The number of amides is 1. The van der Waals surface area contributed by atoms with Crippen LogP contribution in [0.3, 0.4) is 0 Å². The SMILES string of the molecule is Cc1ccc([C@@H]2CC(=O)Nc3nc(SCc4ccccc4Cl)[nH]c(=O)c32)c(C)c1. The third kappa shape index (κ3) is 4.09. The summed E-state index contributed by atoms with van der Waals surface area (Å²) in [6, 6.07) is 13.6. The van der Waals surface area contributed by atoms with Gasteiger partial charge in [0.15, 0.2) is 5.16 Å². The lowest BCUT2D eigenvalue weighted by molar-refractivity contribution is -0.116. The summed E-state index contributed by atoms with van der Waals surface area (Å²) in [5, 5.41) is 3.90. The average molecular weight is 426 g/mol. The Kier molecular flexibility index (Phi) is 5.48. The van der Waals surface area contributed by atoms with E-state index in [1.54, 1.807) is 0 Å². The normalized spacial score (nSPS) is 15.7. The number of halogens is 1. The molecule has 1 aliphatic heterocycles. The van der Waals surface area contributed by atoms with E-state index in [-0.39, 0.29) is 23.8 Å². The van der Waals surface area contributed by atoms with Crippen molar-refractivity contribution in [2.24, 2.45) is 0 Å². The molecule has 1 aromatic heterocycles. The molecule has 0 saturated carbocycles. The molecule has 0 unspecified atom stereocenters. The van der Waals surface area contributed by atoms with E-state index in [2.05, 4.69) is 21.4 Å². The zero-order valence-corrected chi connectivity index (χ0v) is 17.7. The third-order valence-electron chi connectivity index (χ3n) is 5.05. The van der Waals surface area contributed by atoms with Gasteiger partial charge in [-0.05, 0) is 36.6 Å². The first-order chi connectivity index (χ1) is 13.9. The molecule has 2 aromatic carbocycles. The van der Waals surface area contributed by atoms with Crippen LogP contribution in [0.15, 0.2) is 52.4 Å². The Morgan fingerprint density at radius 3 is 2.72 bits per heavy atom. The predicted octanol–water partition coefficient (Wildman–Crippen LogP) is 4.81. The number of thioether (sulfide) groups is 1. The molecule has 5 nitrogen and oxygen atoms in total. The van der Waals surface area contributed by atoms with Gasteiger partial charge in [0.25, 0.3) is 5.56 Å². The van der Waals surface area contributed by atoms with Crippen LogP contribution in [0, 0.1) is 13.8 Å².